The van der Waals surface area contributed by atoms with Gasteiger partial charge < -0.3 is 20.3 Å². The Bertz CT molecular complexity index is 511. The second-order valence-corrected chi connectivity index (χ2v) is 6.39. The molecule has 1 fully saturated rings. The van der Waals surface area contributed by atoms with E-state index in [4.69, 9.17) is 5.11 Å². The zero-order valence-corrected chi connectivity index (χ0v) is 13.4. The van der Waals surface area contributed by atoms with Crippen LogP contribution in [0.2, 0.25) is 0 Å². The molecule has 1 saturated heterocycles. The van der Waals surface area contributed by atoms with E-state index in [2.05, 4.69) is 26.1 Å². The fraction of sp³-hybridized carbons (Fsp3) is 0.500. The lowest BCUT2D eigenvalue weighted by Gasteiger charge is -2.28. The van der Waals surface area contributed by atoms with Crippen molar-refractivity contribution in [3.8, 4) is 0 Å². The number of rotatable bonds is 2. The number of carbonyl (C=O) groups excluding carboxylic acids is 2. The molecule has 0 aliphatic carbocycles. The van der Waals surface area contributed by atoms with Gasteiger partial charge in [0.1, 0.15) is 6.10 Å². The van der Waals surface area contributed by atoms with Crippen LogP contribution in [-0.2, 0) is 9.59 Å². The summed E-state index contributed by atoms with van der Waals surface area (Å²) in [5, 5.41) is 21.2. The molecule has 0 saturated carbocycles. The van der Waals surface area contributed by atoms with Crippen LogP contribution >= 0.6 is 0 Å². The minimum Gasteiger partial charge on any atom is -0.547 e. The molecule has 2 unspecified atom stereocenters. The van der Waals surface area contributed by atoms with Gasteiger partial charge in [-0.25, -0.2) is 0 Å². The monoisotopic (exact) mass is 308 g/mol. The van der Waals surface area contributed by atoms with Crippen LogP contribution in [0.15, 0.2) is 30.3 Å². The number of likely N-dealkylation sites (N-methyl/N-ethyl adjacent to an activating group) is 1. The third kappa shape index (κ3) is 4.82. The van der Waals surface area contributed by atoms with Gasteiger partial charge in [-0.1, -0.05) is 51.1 Å². The van der Waals surface area contributed by atoms with Crippen LogP contribution in [0.1, 0.15) is 32.4 Å². The molecule has 0 bridgehead atoms. The zero-order valence-electron chi connectivity index (χ0n) is 13.4. The third-order valence-corrected chi connectivity index (χ3v) is 3.55. The number of aliphatic hydroxyl groups excluding tert-OH is 1. The first kappa shape index (κ1) is 18.1. The van der Waals surface area contributed by atoms with Crippen molar-refractivity contribution in [3.63, 3.8) is 0 Å². The van der Waals surface area contributed by atoms with Crippen LogP contribution in [0.5, 0.6) is 0 Å². The van der Waals surface area contributed by atoms with Crippen LogP contribution < -0.4 is 10.4 Å². The van der Waals surface area contributed by atoms with E-state index in [0.717, 1.165) is 0 Å². The van der Waals surface area contributed by atoms with Crippen LogP contribution in [0, 0.1) is 5.41 Å². The molecule has 2 rings (SSSR count). The van der Waals surface area contributed by atoms with Gasteiger partial charge in [0.15, 0.2) is 12.7 Å². The van der Waals surface area contributed by atoms with Crippen molar-refractivity contribution in [2.24, 2.45) is 5.41 Å². The molecule has 0 aromatic heterocycles. The van der Waals surface area contributed by atoms with E-state index in [-0.39, 0.29) is 11.3 Å². The quantitative estimate of drug-likeness (QED) is 0.722. The van der Waals surface area contributed by atoms with Crippen LogP contribution in [0.4, 0.5) is 0 Å². The summed E-state index contributed by atoms with van der Waals surface area (Å²) in [5.74, 6) is -1.24. The molecule has 1 aliphatic rings. The summed E-state index contributed by atoms with van der Waals surface area (Å²) in [5.41, 5.74) is 0.522. The maximum Gasteiger partial charge on any atom is 0.281 e. The summed E-state index contributed by atoms with van der Waals surface area (Å²) in [6, 6.07) is 8.11. The van der Waals surface area contributed by atoms with Crippen LogP contribution in [0.3, 0.4) is 0 Å². The lowest BCUT2D eigenvalue weighted by molar-refractivity contribution is -0.690. The number of aliphatic hydroxyl groups is 1. The van der Waals surface area contributed by atoms with Gasteiger partial charge in [0.2, 0.25) is 0 Å². The Kier molecular flexibility index (Phi) is 6.08. The molecule has 1 aromatic carbocycles. The number of hydrogen-bond donors (Lipinski definition) is 2. The summed E-state index contributed by atoms with van der Waals surface area (Å²) < 4.78 is 0. The van der Waals surface area contributed by atoms with Gasteiger partial charge in [-0.2, -0.15) is 0 Å². The molecule has 2 atom stereocenters. The highest BCUT2D eigenvalue weighted by Gasteiger charge is 2.39. The molecule has 0 radical (unpaired) electrons. The van der Waals surface area contributed by atoms with E-state index in [1.807, 2.05) is 11.9 Å². The van der Waals surface area contributed by atoms with Crippen molar-refractivity contribution in [3.05, 3.63) is 35.9 Å². The Morgan fingerprint density at radius 3 is 2.23 bits per heavy atom. The number of quaternary nitrogens is 1. The SMILES string of the molecule is CN1C(=O)C[NH2+]C1C(C)(C)C.O=C([O-])C(O)c1ccccc1. The van der Waals surface area contributed by atoms with E-state index in [1.54, 1.807) is 18.2 Å². The number of hydrogen-bond acceptors (Lipinski definition) is 4. The Hall–Kier alpha value is -1.92. The van der Waals surface area contributed by atoms with E-state index in [0.29, 0.717) is 18.3 Å². The molecule has 122 valence electrons. The van der Waals surface area contributed by atoms with Gasteiger partial charge in [-0.3, -0.25) is 9.69 Å². The Morgan fingerprint density at radius 2 is 1.91 bits per heavy atom. The van der Waals surface area contributed by atoms with Gasteiger partial charge in [0.05, 0.1) is 5.97 Å². The second-order valence-electron chi connectivity index (χ2n) is 6.39. The molecule has 3 N–H and O–H groups in total. The van der Waals surface area contributed by atoms with Gasteiger partial charge in [-0.15, -0.1) is 0 Å². The van der Waals surface area contributed by atoms with Gasteiger partial charge in [0, 0.05) is 12.5 Å². The fourth-order valence-corrected chi connectivity index (χ4v) is 2.38. The summed E-state index contributed by atoms with van der Waals surface area (Å²) in [7, 11) is 1.88. The average molecular weight is 308 g/mol. The van der Waals surface area contributed by atoms with Crippen molar-refractivity contribution in [2.75, 3.05) is 13.6 Å². The Labute approximate surface area is 130 Å². The number of aliphatic carboxylic acids is 1. The zero-order chi connectivity index (χ0) is 16.9. The van der Waals surface area contributed by atoms with Crippen molar-refractivity contribution in [1.29, 1.82) is 0 Å². The average Bonchev–Trinajstić information content (AvgIpc) is 2.79. The minimum atomic E-state index is -1.52. The predicted molar refractivity (Wildman–Crippen MR) is 79.2 cm³/mol. The molecule has 1 amide bonds. The number of nitrogens with zero attached hydrogens (tertiary/aromatic N) is 1. The van der Waals surface area contributed by atoms with E-state index < -0.39 is 12.1 Å². The number of carboxylic acids is 1. The number of carbonyl (C=O) groups is 2. The normalized spacial score (nSPS) is 19.4. The second kappa shape index (κ2) is 7.38. The van der Waals surface area contributed by atoms with Crippen molar-refractivity contribution >= 4 is 11.9 Å². The molecule has 1 aromatic rings. The van der Waals surface area contributed by atoms with E-state index in [9.17, 15) is 14.7 Å². The molecule has 1 aliphatic heterocycles. The lowest BCUT2D eigenvalue weighted by Crippen LogP contribution is -2.91. The maximum absolute atomic E-state index is 11.1. The van der Waals surface area contributed by atoms with Crippen molar-refractivity contribution in [1.82, 2.24) is 4.90 Å². The van der Waals surface area contributed by atoms with Gasteiger partial charge in [0.25, 0.3) is 5.91 Å². The summed E-state index contributed by atoms with van der Waals surface area (Å²) in [6.45, 7) is 7.08. The van der Waals surface area contributed by atoms with E-state index in [1.165, 1.54) is 12.1 Å². The first-order valence-electron chi connectivity index (χ1n) is 7.17. The van der Waals surface area contributed by atoms with Gasteiger partial charge >= 0.3 is 0 Å². The van der Waals surface area contributed by atoms with Crippen LogP contribution in [-0.4, -0.2) is 41.6 Å². The van der Waals surface area contributed by atoms with E-state index >= 15 is 0 Å². The maximum atomic E-state index is 11.1. The molecule has 6 nitrogen and oxygen atoms in total. The highest BCUT2D eigenvalue weighted by Crippen LogP contribution is 2.20. The first-order valence-corrected chi connectivity index (χ1v) is 7.17. The highest BCUT2D eigenvalue weighted by atomic mass is 16.4. The summed E-state index contributed by atoms with van der Waals surface area (Å²) in [6.07, 6.45) is -1.20. The molecule has 6 heteroatoms. The first-order chi connectivity index (χ1) is 10.1. The van der Waals surface area contributed by atoms with Crippen LogP contribution in [0.25, 0.3) is 0 Å². The third-order valence-electron chi connectivity index (χ3n) is 3.55. The summed E-state index contributed by atoms with van der Waals surface area (Å²) >= 11 is 0. The number of amides is 1. The fourth-order valence-electron chi connectivity index (χ4n) is 2.38. The highest BCUT2D eigenvalue weighted by molar-refractivity contribution is 5.78. The number of carboxylic acid groups (broad SMARTS) is 1. The number of benzene rings is 1. The number of nitrogens with two attached hydrogens (primary N) is 1. The Balaban J connectivity index is 0.000000220. The topological polar surface area (TPSA) is 97.3 Å². The predicted octanol–water partition coefficient (Wildman–Crippen LogP) is -1.14. The summed E-state index contributed by atoms with van der Waals surface area (Å²) in [4.78, 5) is 23.1. The lowest BCUT2D eigenvalue weighted by atomic mass is 9.92. The largest absolute Gasteiger partial charge is 0.547 e. The Morgan fingerprint density at radius 1 is 1.36 bits per heavy atom. The molecule has 22 heavy (non-hydrogen) atoms. The molecular weight excluding hydrogens is 284 g/mol. The van der Waals surface area contributed by atoms with Gasteiger partial charge in [-0.05, 0) is 5.56 Å². The smallest absolute Gasteiger partial charge is 0.281 e. The molecule has 1 heterocycles. The standard InChI is InChI=1S/C8H16N2O.C8H8O3/c1-8(2,3)7-9-5-6(11)10(7)4;9-7(8(10)11)6-4-2-1-3-5-6/h7,9H,5H2,1-4H3;1-5,7,9H,(H,10,11). The molecule has 0 spiro atoms. The minimum absolute atomic E-state index is 0.181. The van der Waals surface area contributed by atoms with Crippen molar-refractivity contribution < 1.29 is 25.1 Å². The van der Waals surface area contributed by atoms with Crippen molar-refractivity contribution in [2.45, 2.75) is 33.0 Å². The molecular formula is C16H24N2O4.